The molecule has 1 aromatic carbocycles. The summed E-state index contributed by atoms with van der Waals surface area (Å²) in [5.74, 6) is 0. The Labute approximate surface area is 106 Å². The Morgan fingerprint density at radius 1 is 1.35 bits per heavy atom. The van der Waals surface area contributed by atoms with E-state index in [2.05, 4.69) is 41.7 Å². The first-order chi connectivity index (χ1) is 8.17. The summed E-state index contributed by atoms with van der Waals surface area (Å²) in [6, 6.07) is 8.96. The summed E-state index contributed by atoms with van der Waals surface area (Å²) in [7, 11) is 0. The molecule has 1 atom stereocenters. The van der Waals surface area contributed by atoms with Crippen molar-refractivity contribution in [2.75, 3.05) is 5.32 Å². The minimum absolute atomic E-state index is 0.408. The van der Waals surface area contributed by atoms with Crippen LogP contribution >= 0.6 is 11.5 Å². The van der Waals surface area contributed by atoms with Crippen molar-refractivity contribution < 1.29 is 0 Å². The van der Waals surface area contributed by atoms with Gasteiger partial charge in [-0.1, -0.05) is 32.4 Å². The molecule has 3 rings (SSSR count). The molecular weight excluding hydrogens is 228 g/mol. The van der Waals surface area contributed by atoms with Gasteiger partial charge in [-0.25, -0.2) is 0 Å². The van der Waals surface area contributed by atoms with Crippen LogP contribution in [0.3, 0.4) is 0 Å². The summed E-state index contributed by atoms with van der Waals surface area (Å²) in [5.41, 5.74) is 1.52. The lowest BCUT2D eigenvalue weighted by atomic mass is 9.87. The first-order valence-electron chi connectivity index (χ1n) is 6.28. The number of hydrogen-bond donors (Lipinski definition) is 1. The Balaban J connectivity index is 1.90. The Kier molecular flexibility index (Phi) is 2.58. The van der Waals surface area contributed by atoms with Crippen LogP contribution in [0.25, 0.3) is 10.9 Å². The van der Waals surface area contributed by atoms with Gasteiger partial charge in [0, 0.05) is 11.4 Å². The van der Waals surface area contributed by atoms with E-state index in [-0.39, 0.29) is 0 Å². The summed E-state index contributed by atoms with van der Waals surface area (Å²) in [6.45, 7) is 4.72. The fraction of sp³-hybridized carbons (Fsp3) is 0.500. The third kappa shape index (κ3) is 1.93. The zero-order chi connectivity index (χ0) is 11.9. The van der Waals surface area contributed by atoms with Gasteiger partial charge in [0.2, 0.25) is 0 Å². The van der Waals surface area contributed by atoms with Gasteiger partial charge in [0.25, 0.3) is 0 Å². The number of nitrogens with zero attached hydrogens (tertiary/aromatic N) is 1. The second-order valence-corrected chi connectivity index (χ2v) is 6.38. The van der Waals surface area contributed by atoms with Crippen LogP contribution in [0.5, 0.6) is 0 Å². The van der Waals surface area contributed by atoms with E-state index in [1.165, 1.54) is 29.6 Å². The summed E-state index contributed by atoms with van der Waals surface area (Å²) in [5, 5.41) is 6.21. The lowest BCUT2D eigenvalue weighted by molar-refractivity contribution is 0.350. The van der Waals surface area contributed by atoms with Gasteiger partial charge in [-0.3, -0.25) is 0 Å². The molecule has 0 saturated heterocycles. The fourth-order valence-electron chi connectivity index (χ4n) is 2.75. The molecule has 0 spiro atoms. The van der Waals surface area contributed by atoms with Crippen LogP contribution in [0.15, 0.2) is 24.3 Å². The van der Waals surface area contributed by atoms with E-state index in [1.54, 1.807) is 11.5 Å². The summed E-state index contributed by atoms with van der Waals surface area (Å²) in [4.78, 5) is 0. The average molecular weight is 246 g/mol. The monoisotopic (exact) mass is 246 g/mol. The first kappa shape index (κ1) is 11.0. The van der Waals surface area contributed by atoms with E-state index in [0.717, 1.165) is 5.52 Å². The maximum atomic E-state index is 4.49. The third-order valence-corrected chi connectivity index (χ3v) is 4.75. The molecule has 90 valence electrons. The summed E-state index contributed by atoms with van der Waals surface area (Å²) in [6.07, 6.45) is 3.93. The van der Waals surface area contributed by atoms with Gasteiger partial charge in [-0.05, 0) is 41.9 Å². The van der Waals surface area contributed by atoms with E-state index in [0.29, 0.717) is 11.5 Å². The molecule has 3 heteroatoms. The average Bonchev–Trinajstić information content (AvgIpc) is 2.85. The van der Waals surface area contributed by atoms with Crippen LogP contribution in [0.4, 0.5) is 5.00 Å². The van der Waals surface area contributed by atoms with E-state index in [9.17, 15) is 0 Å². The molecule has 1 heterocycles. The van der Waals surface area contributed by atoms with Crippen LogP contribution in [0.1, 0.15) is 33.1 Å². The largest absolute Gasteiger partial charge is 0.372 e. The van der Waals surface area contributed by atoms with E-state index < -0.39 is 0 Å². The molecule has 0 bridgehead atoms. The van der Waals surface area contributed by atoms with Crippen molar-refractivity contribution in [3.05, 3.63) is 24.3 Å². The molecule has 1 aliphatic carbocycles. The van der Waals surface area contributed by atoms with Crippen molar-refractivity contribution in [1.29, 1.82) is 0 Å². The quantitative estimate of drug-likeness (QED) is 0.855. The van der Waals surface area contributed by atoms with Gasteiger partial charge in [0.15, 0.2) is 0 Å². The van der Waals surface area contributed by atoms with Crippen molar-refractivity contribution in [3.63, 3.8) is 0 Å². The highest BCUT2D eigenvalue weighted by Crippen LogP contribution is 2.40. The number of aromatic nitrogens is 1. The molecule has 1 N–H and O–H groups in total. The molecule has 0 amide bonds. The van der Waals surface area contributed by atoms with Crippen LogP contribution in [0.2, 0.25) is 0 Å². The topological polar surface area (TPSA) is 24.9 Å². The minimum atomic E-state index is 0.408. The Morgan fingerprint density at radius 3 is 2.94 bits per heavy atom. The van der Waals surface area contributed by atoms with Crippen LogP contribution in [-0.4, -0.2) is 10.4 Å². The number of rotatable bonds is 2. The molecule has 2 aromatic rings. The number of nitrogens with one attached hydrogen (secondary N) is 1. The number of fused-ring (bicyclic) bond motifs is 1. The smallest absolute Gasteiger partial charge is 0.117 e. The van der Waals surface area contributed by atoms with E-state index >= 15 is 0 Å². The molecular formula is C14H18N2S. The van der Waals surface area contributed by atoms with Crippen molar-refractivity contribution in [3.8, 4) is 0 Å². The van der Waals surface area contributed by atoms with Crippen molar-refractivity contribution in [2.24, 2.45) is 5.41 Å². The van der Waals surface area contributed by atoms with Crippen molar-refractivity contribution in [2.45, 2.75) is 39.2 Å². The molecule has 1 aromatic heterocycles. The van der Waals surface area contributed by atoms with Gasteiger partial charge in [0.1, 0.15) is 5.00 Å². The van der Waals surface area contributed by atoms with Crippen LogP contribution in [-0.2, 0) is 0 Å². The summed E-state index contributed by atoms with van der Waals surface area (Å²) >= 11 is 1.59. The maximum Gasteiger partial charge on any atom is 0.117 e. The highest BCUT2D eigenvalue weighted by atomic mass is 32.1. The fourth-order valence-corrected chi connectivity index (χ4v) is 3.56. The highest BCUT2D eigenvalue weighted by molar-refractivity contribution is 7.11. The molecule has 1 fully saturated rings. The third-order valence-electron chi connectivity index (χ3n) is 3.95. The molecule has 0 aliphatic heterocycles. The predicted molar refractivity (Wildman–Crippen MR) is 74.7 cm³/mol. The molecule has 1 unspecified atom stereocenters. The standard InChI is InChI=1S/C14H18N2S/c1-14(2)9-5-8-12(14)15-13-10-6-3-4-7-11(10)16-17-13/h3-4,6-7,12,15H,5,8-9H2,1-2H3. The van der Waals surface area contributed by atoms with E-state index in [4.69, 9.17) is 0 Å². The number of anilines is 1. The van der Waals surface area contributed by atoms with Crippen molar-refractivity contribution >= 4 is 27.4 Å². The van der Waals surface area contributed by atoms with Gasteiger partial charge < -0.3 is 5.32 Å². The second-order valence-electron chi connectivity index (χ2n) is 5.61. The lowest BCUT2D eigenvalue weighted by Crippen LogP contribution is -2.30. The Bertz CT molecular complexity index is 530. The van der Waals surface area contributed by atoms with Gasteiger partial charge in [-0.2, -0.15) is 4.37 Å². The van der Waals surface area contributed by atoms with E-state index in [1.807, 2.05) is 6.07 Å². The Morgan fingerprint density at radius 2 is 2.18 bits per heavy atom. The summed E-state index contributed by atoms with van der Waals surface area (Å²) < 4.78 is 4.49. The SMILES string of the molecule is CC1(C)CCCC1Nc1snc2ccccc12. The molecule has 2 nitrogen and oxygen atoms in total. The predicted octanol–water partition coefficient (Wildman–Crippen LogP) is 4.29. The van der Waals surface area contributed by atoms with Crippen LogP contribution in [0, 0.1) is 5.41 Å². The van der Waals surface area contributed by atoms with Gasteiger partial charge in [-0.15, -0.1) is 0 Å². The lowest BCUT2D eigenvalue weighted by Gasteiger charge is -2.28. The van der Waals surface area contributed by atoms with Gasteiger partial charge >= 0.3 is 0 Å². The number of benzene rings is 1. The molecule has 0 radical (unpaired) electrons. The number of hydrogen-bond acceptors (Lipinski definition) is 3. The molecule has 17 heavy (non-hydrogen) atoms. The molecule has 1 saturated carbocycles. The zero-order valence-corrected chi connectivity index (χ0v) is 11.2. The van der Waals surface area contributed by atoms with Crippen LogP contribution < -0.4 is 5.32 Å². The van der Waals surface area contributed by atoms with Crippen molar-refractivity contribution in [1.82, 2.24) is 4.37 Å². The highest BCUT2D eigenvalue weighted by Gasteiger charge is 2.34. The minimum Gasteiger partial charge on any atom is -0.372 e. The second kappa shape index (κ2) is 3.98. The molecule has 1 aliphatic rings. The first-order valence-corrected chi connectivity index (χ1v) is 7.05. The zero-order valence-electron chi connectivity index (χ0n) is 10.4. The normalized spacial score (nSPS) is 23.1. The Hall–Kier alpha value is -1.09. The van der Waals surface area contributed by atoms with Gasteiger partial charge in [0.05, 0.1) is 5.52 Å². The maximum absolute atomic E-state index is 4.49.